The van der Waals surface area contributed by atoms with Crippen LogP contribution in [0.15, 0.2) is 11.6 Å². The van der Waals surface area contributed by atoms with Crippen LogP contribution in [0.1, 0.15) is 47.5 Å². The maximum atomic E-state index is 12.1. The summed E-state index contributed by atoms with van der Waals surface area (Å²) >= 11 is 0. The van der Waals surface area contributed by atoms with Crippen molar-refractivity contribution in [2.45, 2.75) is 53.6 Å². The first-order chi connectivity index (χ1) is 5.29. The maximum absolute atomic E-state index is 12.1. The van der Waals surface area contributed by atoms with Crippen LogP contribution in [0.2, 0.25) is 0 Å². The smallest absolute Gasteiger partial charge is 0.119 e. The van der Waals surface area contributed by atoms with E-state index >= 15 is 0 Å². The molecule has 68 valence electrons. The van der Waals surface area contributed by atoms with Crippen molar-refractivity contribution in [1.82, 2.24) is 0 Å². The molecule has 0 fully saturated rings. The second kappa shape index (κ2) is 9.67. The van der Waals surface area contributed by atoms with Gasteiger partial charge < -0.3 is 0 Å². The summed E-state index contributed by atoms with van der Waals surface area (Å²) in [5, 5.41) is 0. The van der Waals surface area contributed by atoms with Gasteiger partial charge in [0.15, 0.2) is 0 Å². The van der Waals surface area contributed by atoms with Crippen LogP contribution in [0.4, 0.5) is 4.39 Å². The molecule has 0 aromatic heterocycles. The highest BCUT2D eigenvalue weighted by Gasteiger charge is 2.09. The van der Waals surface area contributed by atoms with E-state index in [4.69, 9.17) is 0 Å². The summed E-state index contributed by atoms with van der Waals surface area (Å²) in [4.78, 5) is 0. The molecule has 0 bridgehead atoms. The normalized spacial score (nSPS) is 20.5. The first-order valence-electron chi connectivity index (χ1n) is 4.60. The Bertz CT molecular complexity index is 95.0. The molecular formula is C10H21F. The van der Waals surface area contributed by atoms with Gasteiger partial charge in [-0.15, -0.1) is 0 Å². The first-order valence-corrected chi connectivity index (χ1v) is 4.60. The van der Waals surface area contributed by atoms with Gasteiger partial charge in [0.25, 0.3) is 0 Å². The van der Waals surface area contributed by atoms with Gasteiger partial charge in [-0.3, -0.25) is 0 Å². The molecule has 1 atom stereocenters. The molecule has 0 aromatic rings. The van der Waals surface area contributed by atoms with Crippen molar-refractivity contribution in [2.24, 2.45) is 0 Å². The highest BCUT2D eigenvalue weighted by molar-refractivity contribution is 5.08. The van der Waals surface area contributed by atoms with Gasteiger partial charge in [0.05, 0.1) is 0 Å². The lowest BCUT2D eigenvalue weighted by Crippen LogP contribution is -1.83. The molecule has 0 saturated carbocycles. The van der Waals surface area contributed by atoms with Gasteiger partial charge in [-0.05, 0) is 19.8 Å². The molecule has 1 aliphatic rings. The predicted molar refractivity (Wildman–Crippen MR) is 50.6 cm³/mol. The fourth-order valence-electron chi connectivity index (χ4n) is 0.841. The van der Waals surface area contributed by atoms with Crippen molar-refractivity contribution >= 4 is 0 Å². The lowest BCUT2D eigenvalue weighted by atomic mass is 10.3. The molecular weight excluding hydrogens is 139 g/mol. The molecule has 1 rings (SSSR count). The van der Waals surface area contributed by atoms with Crippen LogP contribution in [0.3, 0.4) is 0 Å². The van der Waals surface area contributed by atoms with Crippen molar-refractivity contribution in [3.63, 3.8) is 0 Å². The molecule has 0 N–H and O–H groups in total. The monoisotopic (exact) mass is 160 g/mol. The fraction of sp³-hybridized carbons (Fsp3) is 0.800. The van der Waals surface area contributed by atoms with E-state index < -0.39 is 6.17 Å². The lowest BCUT2D eigenvalue weighted by Gasteiger charge is -1.85. The van der Waals surface area contributed by atoms with E-state index in [9.17, 15) is 4.39 Å². The van der Waals surface area contributed by atoms with Gasteiger partial charge in [-0.25, -0.2) is 4.39 Å². The standard InChI is InChI=1S/C6H9F.2C2H6/c1-5-2-3-6(7)4-5;2*1-2/h4,6H,2-3H2,1H3;2*1-2H3. The number of hydrogen-bond donors (Lipinski definition) is 0. The highest BCUT2D eigenvalue weighted by Crippen LogP contribution is 2.19. The Hall–Kier alpha value is -0.330. The maximum Gasteiger partial charge on any atom is 0.119 e. The zero-order chi connectivity index (χ0) is 9.28. The molecule has 0 radical (unpaired) electrons. The SMILES string of the molecule is CC.CC.CC1=CC(F)CC1. The quantitative estimate of drug-likeness (QED) is 0.468. The van der Waals surface area contributed by atoms with Gasteiger partial charge in [-0.2, -0.15) is 0 Å². The van der Waals surface area contributed by atoms with E-state index in [-0.39, 0.29) is 0 Å². The first kappa shape index (κ1) is 13.3. The zero-order valence-corrected chi connectivity index (χ0v) is 8.45. The van der Waals surface area contributed by atoms with Crippen molar-refractivity contribution in [2.75, 3.05) is 0 Å². The summed E-state index contributed by atoms with van der Waals surface area (Å²) in [6, 6.07) is 0. The minimum absolute atomic E-state index is 0.639. The predicted octanol–water partition coefficient (Wildman–Crippen LogP) is 4.12. The van der Waals surface area contributed by atoms with Crippen molar-refractivity contribution in [1.29, 1.82) is 0 Å². The van der Waals surface area contributed by atoms with Crippen molar-refractivity contribution in [3.05, 3.63) is 11.6 Å². The van der Waals surface area contributed by atoms with E-state index in [2.05, 4.69) is 0 Å². The second-order valence-electron chi connectivity index (χ2n) is 2.07. The van der Waals surface area contributed by atoms with Gasteiger partial charge >= 0.3 is 0 Å². The van der Waals surface area contributed by atoms with Crippen LogP contribution in [0, 0.1) is 0 Å². The Morgan fingerprint density at radius 3 is 1.82 bits per heavy atom. The number of rotatable bonds is 0. The molecule has 0 nitrogen and oxygen atoms in total. The minimum Gasteiger partial charge on any atom is -0.243 e. The van der Waals surface area contributed by atoms with Crippen molar-refractivity contribution < 1.29 is 4.39 Å². The number of halogens is 1. The van der Waals surface area contributed by atoms with Gasteiger partial charge in [-0.1, -0.05) is 39.3 Å². The van der Waals surface area contributed by atoms with Crippen LogP contribution in [-0.2, 0) is 0 Å². The Labute approximate surface area is 70.5 Å². The Balaban J connectivity index is 0. The molecule has 1 aliphatic carbocycles. The summed E-state index contributed by atoms with van der Waals surface area (Å²) < 4.78 is 12.1. The summed E-state index contributed by atoms with van der Waals surface area (Å²) in [7, 11) is 0. The van der Waals surface area contributed by atoms with E-state index in [1.165, 1.54) is 5.57 Å². The molecule has 11 heavy (non-hydrogen) atoms. The molecule has 0 heterocycles. The average molecular weight is 160 g/mol. The number of hydrogen-bond acceptors (Lipinski definition) is 0. The lowest BCUT2D eigenvalue weighted by molar-refractivity contribution is 0.395. The summed E-state index contributed by atoms with van der Waals surface area (Å²) in [5.74, 6) is 0. The Morgan fingerprint density at radius 1 is 1.27 bits per heavy atom. The second-order valence-corrected chi connectivity index (χ2v) is 2.07. The Kier molecular flexibility index (Phi) is 11.7. The summed E-state index contributed by atoms with van der Waals surface area (Å²) in [5.41, 5.74) is 1.20. The average Bonchev–Trinajstić information content (AvgIpc) is 2.43. The topological polar surface area (TPSA) is 0 Å². The molecule has 0 aliphatic heterocycles. The molecule has 1 unspecified atom stereocenters. The number of alkyl halides is 1. The third kappa shape index (κ3) is 7.57. The molecule has 0 spiro atoms. The van der Waals surface area contributed by atoms with Crippen LogP contribution >= 0.6 is 0 Å². The van der Waals surface area contributed by atoms with Crippen LogP contribution in [0.25, 0.3) is 0 Å². The minimum atomic E-state index is -0.639. The third-order valence-electron chi connectivity index (χ3n) is 1.28. The summed E-state index contributed by atoms with van der Waals surface area (Å²) in [6.07, 6.45) is 2.73. The highest BCUT2D eigenvalue weighted by atomic mass is 19.1. The largest absolute Gasteiger partial charge is 0.243 e. The van der Waals surface area contributed by atoms with E-state index in [1.54, 1.807) is 6.08 Å². The molecule has 0 aromatic carbocycles. The van der Waals surface area contributed by atoms with Gasteiger partial charge in [0.1, 0.15) is 6.17 Å². The number of allylic oxidation sites excluding steroid dienone is 2. The summed E-state index contributed by atoms with van der Waals surface area (Å²) in [6.45, 7) is 9.97. The van der Waals surface area contributed by atoms with E-state index in [0.29, 0.717) is 6.42 Å². The zero-order valence-electron chi connectivity index (χ0n) is 8.45. The molecule has 0 amide bonds. The van der Waals surface area contributed by atoms with Crippen LogP contribution in [-0.4, -0.2) is 6.17 Å². The van der Waals surface area contributed by atoms with Gasteiger partial charge in [0, 0.05) is 0 Å². The van der Waals surface area contributed by atoms with E-state index in [1.807, 2.05) is 34.6 Å². The van der Waals surface area contributed by atoms with Crippen LogP contribution < -0.4 is 0 Å². The molecule has 0 saturated heterocycles. The van der Waals surface area contributed by atoms with Gasteiger partial charge in [0.2, 0.25) is 0 Å². The Morgan fingerprint density at radius 2 is 1.73 bits per heavy atom. The fourth-order valence-corrected chi connectivity index (χ4v) is 0.841. The van der Waals surface area contributed by atoms with Crippen LogP contribution in [0.5, 0.6) is 0 Å². The third-order valence-corrected chi connectivity index (χ3v) is 1.28. The van der Waals surface area contributed by atoms with E-state index in [0.717, 1.165) is 6.42 Å². The molecule has 1 heteroatoms. The van der Waals surface area contributed by atoms with Crippen molar-refractivity contribution in [3.8, 4) is 0 Å².